The normalized spacial score (nSPS) is 11.1. The molecule has 0 bridgehead atoms. The lowest BCUT2D eigenvalue weighted by molar-refractivity contribution is -0.140. The monoisotopic (exact) mass is 451 g/mol. The van der Waals surface area contributed by atoms with Gasteiger partial charge in [-0.1, -0.05) is 0 Å². The molecule has 3 aromatic rings. The van der Waals surface area contributed by atoms with Crippen molar-refractivity contribution in [1.29, 1.82) is 5.41 Å². The molecule has 3 rings (SSSR count). The molecule has 0 aliphatic rings. The lowest BCUT2D eigenvalue weighted by Gasteiger charge is -2.12. The number of hydroxylamine groups is 1. The number of nitrogens with one attached hydrogen (secondary N) is 4. The molecule has 0 spiro atoms. The number of carbonyl (C=O) groups is 1. The summed E-state index contributed by atoms with van der Waals surface area (Å²) in [6.45, 7) is 2.11. The van der Waals surface area contributed by atoms with Gasteiger partial charge in [0.1, 0.15) is 10.8 Å². The maximum Gasteiger partial charge on any atom is 0.434 e. The van der Waals surface area contributed by atoms with E-state index in [4.69, 9.17) is 10.6 Å². The van der Waals surface area contributed by atoms with Crippen LogP contribution in [0.15, 0.2) is 36.1 Å². The third-order valence-electron chi connectivity index (χ3n) is 3.96. The van der Waals surface area contributed by atoms with Crippen LogP contribution in [0, 0.1) is 5.41 Å². The third kappa shape index (κ3) is 5.13. The molecule has 0 saturated heterocycles. The molecule has 2 amide bonds. The van der Waals surface area contributed by atoms with Crippen molar-refractivity contribution in [2.75, 3.05) is 11.9 Å². The summed E-state index contributed by atoms with van der Waals surface area (Å²) in [5.41, 5.74) is 2.00. The molecule has 0 atom stereocenters. The topological polar surface area (TPSA) is 136 Å². The summed E-state index contributed by atoms with van der Waals surface area (Å²) in [6.07, 6.45) is -0.474. The van der Waals surface area contributed by atoms with Crippen molar-refractivity contribution in [2.24, 2.45) is 0 Å². The minimum atomic E-state index is -4.60. The van der Waals surface area contributed by atoms with Gasteiger partial charge in [0.25, 0.3) is 0 Å². The zero-order valence-corrected chi connectivity index (χ0v) is 16.7. The Balaban J connectivity index is 2.11. The summed E-state index contributed by atoms with van der Waals surface area (Å²) >= 11 is 0.789. The summed E-state index contributed by atoms with van der Waals surface area (Å²) in [5, 5.41) is 22.6. The number of amidine groups is 1. The van der Waals surface area contributed by atoms with Gasteiger partial charge in [-0.3, -0.25) is 26.4 Å². The Morgan fingerprint density at radius 2 is 2.00 bits per heavy atom. The Kier molecular flexibility index (Phi) is 6.46. The summed E-state index contributed by atoms with van der Waals surface area (Å²) in [7, 11) is 0. The van der Waals surface area contributed by atoms with E-state index in [0.717, 1.165) is 16.7 Å². The van der Waals surface area contributed by atoms with Crippen molar-refractivity contribution < 1.29 is 23.2 Å². The molecule has 3 aromatic heterocycles. The van der Waals surface area contributed by atoms with Gasteiger partial charge in [0, 0.05) is 52.8 Å². The molecule has 0 saturated carbocycles. The van der Waals surface area contributed by atoms with Crippen molar-refractivity contribution in [3.8, 4) is 21.7 Å². The highest BCUT2D eigenvalue weighted by Crippen LogP contribution is 2.38. The average molecular weight is 451 g/mol. The maximum absolute atomic E-state index is 13.1. The zero-order chi connectivity index (χ0) is 22.6. The molecule has 0 radical (unpaired) electrons. The SMILES string of the molecule is CCNC(=O)Nc1cc(-c2nc(C(F)(F)F)cs2)c(-c2cncc(C(=N)NO)c2)cn1. The van der Waals surface area contributed by atoms with Gasteiger partial charge >= 0.3 is 12.2 Å². The van der Waals surface area contributed by atoms with E-state index in [0.29, 0.717) is 17.7 Å². The van der Waals surface area contributed by atoms with Gasteiger partial charge in [-0.15, -0.1) is 11.3 Å². The fraction of sp³-hybridized carbons (Fsp3) is 0.167. The van der Waals surface area contributed by atoms with Crippen LogP contribution in [-0.2, 0) is 6.18 Å². The average Bonchev–Trinajstić information content (AvgIpc) is 3.24. The fourth-order valence-corrected chi connectivity index (χ4v) is 3.42. The first-order valence-corrected chi connectivity index (χ1v) is 9.63. The quantitative estimate of drug-likeness (QED) is 0.228. The van der Waals surface area contributed by atoms with Gasteiger partial charge in [0.05, 0.1) is 0 Å². The van der Waals surface area contributed by atoms with Crippen LogP contribution in [0.25, 0.3) is 21.7 Å². The highest BCUT2D eigenvalue weighted by molar-refractivity contribution is 7.13. The second kappa shape index (κ2) is 9.06. The van der Waals surface area contributed by atoms with Crippen molar-refractivity contribution in [1.82, 2.24) is 25.7 Å². The molecule has 9 nitrogen and oxygen atoms in total. The number of hydrogen-bond donors (Lipinski definition) is 5. The predicted molar refractivity (Wildman–Crippen MR) is 108 cm³/mol. The van der Waals surface area contributed by atoms with Crippen LogP contribution in [0.3, 0.4) is 0 Å². The number of hydrogen-bond acceptors (Lipinski definition) is 7. The summed E-state index contributed by atoms with van der Waals surface area (Å²) in [4.78, 5) is 23.7. The van der Waals surface area contributed by atoms with Gasteiger partial charge < -0.3 is 5.32 Å². The molecule has 0 aliphatic heterocycles. The van der Waals surface area contributed by atoms with E-state index < -0.39 is 17.9 Å². The van der Waals surface area contributed by atoms with Crippen molar-refractivity contribution in [3.63, 3.8) is 0 Å². The Morgan fingerprint density at radius 1 is 1.23 bits per heavy atom. The number of halogens is 3. The summed E-state index contributed by atoms with van der Waals surface area (Å²) in [5.74, 6) is -0.200. The van der Waals surface area contributed by atoms with Crippen LogP contribution in [0.5, 0.6) is 0 Å². The van der Waals surface area contributed by atoms with Crippen LogP contribution >= 0.6 is 11.3 Å². The largest absolute Gasteiger partial charge is 0.434 e. The number of pyridine rings is 2. The smallest absolute Gasteiger partial charge is 0.338 e. The van der Waals surface area contributed by atoms with E-state index in [-0.39, 0.29) is 27.8 Å². The number of aromatic nitrogens is 3. The molecular weight excluding hydrogens is 435 g/mol. The lowest BCUT2D eigenvalue weighted by Crippen LogP contribution is -2.28. The minimum absolute atomic E-state index is 0.0597. The standard InChI is InChI=1S/C18H16F3N7O2S/c1-2-24-17(29)27-14-4-11(16-26-13(8-31-16)18(19,20)21)12(7-25-14)9-3-10(6-23-5-9)15(22)28-30/h3-8,30H,2H2,1H3,(H2,22,28)(H2,24,25,27,29). The number of amides is 2. The van der Waals surface area contributed by atoms with Crippen LogP contribution in [-0.4, -0.2) is 38.6 Å². The second-order valence-corrected chi connectivity index (χ2v) is 6.94. The van der Waals surface area contributed by atoms with Crippen molar-refractivity contribution in [2.45, 2.75) is 13.1 Å². The Hall–Kier alpha value is -3.58. The van der Waals surface area contributed by atoms with E-state index in [1.165, 1.54) is 30.7 Å². The summed E-state index contributed by atoms with van der Waals surface area (Å²) < 4.78 is 39.2. The van der Waals surface area contributed by atoms with Gasteiger partial charge in [0.2, 0.25) is 0 Å². The number of alkyl halides is 3. The maximum atomic E-state index is 13.1. The van der Waals surface area contributed by atoms with Crippen molar-refractivity contribution in [3.05, 3.63) is 47.4 Å². The minimum Gasteiger partial charge on any atom is -0.338 e. The molecular formula is C18H16F3N7O2S. The molecule has 162 valence electrons. The van der Waals surface area contributed by atoms with E-state index >= 15 is 0 Å². The van der Waals surface area contributed by atoms with Crippen LogP contribution in [0.1, 0.15) is 18.2 Å². The van der Waals surface area contributed by atoms with E-state index in [1.807, 2.05) is 0 Å². The molecule has 5 N–H and O–H groups in total. The first-order chi connectivity index (χ1) is 14.7. The van der Waals surface area contributed by atoms with E-state index in [9.17, 15) is 18.0 Å². The molecule has 3 heterocycles. The summed E-state index contributed by atoms with van der Waals surface area (Å²) in [6, 6.07) is 2.40. The molecule has 31 heavy (non-hydrogen) atoms. The van der Waals surface area contributed by atoms with Crippen LogP contribution in [0.2, 0.25) is 0 Å². The Bertz CT molecular complexity index is 1120. The number of rotatable bonds is 5. The predicted octanol–water partition coefficient (Wildman–Crippen LogP) is 3.73. The molecule has 0 unspecified atom stereocenters. The number of carbonyl (C=O) groups excluding carboxylic acids is 1. The van der Waals surface area contributed by atoms with Crippen LogP contribution in [0.4, 0.5) is 23.8 Å². The number of thiazole rings is 1. The lowest BCUT2D eigenvalue weighted by atomic mass is 10.0. The first kappa shape index (κ1) is 22.1. The van der Waals surface area contributed by atoms with Gasteiger partial charge in [-0.25, -0.2) is 14.8 Å². The van der Waals surface area contributed by atoms with Crippen molar-refractivity contribution >= 4 is 29.0 Å². The van der Waals surface area contributed by atoms with Gasteiger partial charge in [-0.05, 0) is 19.1 Å². The molecule has 0 aromatic carbocycles. The second-order valence-electron chi connectivity index (χ2n) is 6.08. The molecule has 0 aliphatic carbocycles. The Labute approximate surface area is 177 Å². The highest BCUT2D eigenvalue weighted by atomic mass is 32.1. The third-order valence-corrected chi connectivity index (χ3v) is 4.83. The Morgan fingerprint density at radius 3 is 2.65 bits per heavy atom. The molecule has 13 heteroatoms. The van der Waals surface area contributed by atoms with Gasteiger partial charge in [0.15, 0.2) is 11.5 Å². The van der Waals surface area contributed by atoms with Crippen LogP contribution < -0.4 is 16.1 Å². The first-order valence-electron chi connectivity index (χ1n) is 8.75. The highest BCUT2D eigenvalue weighted by Gasteiger charge is 2.34. The number of nitrogens with zero attached hydrogens (tertiary/aromatic N) is 3. The molecule has 0 fully saturated rings. The van der Waals surface area contributed by atoms with Gasteiger partial charge in [-0.2, -0.15) is 13.2 Å². The van der Waals surface area contributed by atoms with E-state index in [2.05, 4.69) is 25.6 Å². The van der Waals surface area contributed by atoms with E-state index in [1.54, 1.807) is 12.4 Å². The fourth-order valence-electron chi connectivity index (χ4n) is 2.57. The number of urea groups is 1. The zero-order valence-electron chi connectivity index (χ0n) is 15.9. The number of anilines is 1.